The average Bonchev–Trinajstić information content (AvgIpc) is 3.19. The Hall–Kier alpha value is -3.14. The molecule has 0 spiro atoms. The minimum Gasteiger partial charge on any atom is -0.422 e. The van der Waals surface area contributed by atoms with E-state index in [9.17, 15) is 13.2 Å². The van der Waals surface area contributed by atoms with Gasteiger partial charge in [-0.2, -0.15) is 13.2 Å². The third-order valence-corrected chi connectivity index (χ3v) is 4.62. The molecule has 0 aromatic carbocycles. The number of nitrogens with one attached hydrogen (secondary N) is 1. The van der Waals surface area contributed by atoms with E-state index in [1.54, 1.807) is 24.4 Å². The Labute approximate surface area is 165 Å². The van der Waals surface area contributed by atoms with Crippen LogP contribution in [-0.4, -0.2) is 53.1 Å². The molecule has 29 heavy (non-hydrogen) atoms. The van der Waals surface area contributed by atoms with Crippen LogP contribution in [0.4, 0.5) is 30.8 Å². The van der Waals surface area contributed by atoms with Gasteiger partial charge in [0.05, 0.1) is 11.8 Å². The van der Waals surface area contributed by atoms with Crippen molar-refractivity contribution < 1.29 is 17.6 Å². The molecule has 1 aliphatic rings. The summed E-state index contributed by atoms with van der Waals surface area (Å²) in [5.74, 6) is 1.22. The van der Waals surface area contributed by atoms with E-state index in [2.05, 4.69) is 37.1 Å². The first-order chi connectivity index (χ1) is 13.9. The van der Waals surface area contributed by atoms with Crippen molar-refractivity contribution >= 4 is 17.7 Å². The summed E-state index contributed by atoms with van der Waals surface area (Å²) in [6, 6.07) is 8.03. The first-order valence-electron chi connectivity index (χ1n) is 9.05. The van der Waals surface area contributed by atoms with E-state index in [0.29, 0.717) is 23.3 Å². The minimum absolute atomic E-state index is 0.262. The van der Waals surface area contributed by atoms with Gasteiger partial charge in [0.2, 0.25) is 0 Å². The lowest BCUT2D eigenvalue weighted by molar-refractivity contribution is -0.137. The van der Waals surface area contributed by atoms with Gasteiger partial charge in [0.15, 0.2) is 5.76 Å². The van der Waals surface area contributed by atoms with E-state index in [0.717, 1.165) is 38.4 Å². The fraction of sp³-hybridized carbons (Fsp3) is 0.316. The summed E-state index contributed by atoms with van der Waals surface area (Å²) < 4.78 is 43.8. The number of hydrogen-bond donors (Lipinski definition) is 1. The number of likely N-dealkylation sites (N-methyl/N-ethyl adjacent to an activating group) is 1. The molecule has 7 nitrogen and oxygen atoms in total. The van der Waals surface area contributed by atoms with E-state index >= 15 is 0 Å². The average molecular weight is 404 g/mol. The van der Waals surface area contributed by atoms with Crippen molar-refractivity contribution in [2.45, 2.75) is 6.18 Å². The summed E-state index contributed by atoms with van der Waals surface area (Å²) in [5.41, 5.74) is -0.238. The van der Waals surface area contributed by atoms with Gasteiger partial charge in [-0.3, -0.25) is 0 Å². The molecule has 4 rings (SSSR count). The maximum Gasteiger partial charge on any atom is 0.417 e. The molecule has 1 saturated heterocycles. The number of anilines is 3. The standard InChI is InChI=1S/C19H19F3N6O/c1-27-7-9-28(10-8-27)18-24-12-15(29-18)14-3-2-4-17(25-14)26-16-6-5-13(11-23-16)19(20,21)22/h2-6,11-12H,7-10H2,1H3,(H,23,25,26). The Bertz CT molecular complexity index is 965. The van der Waals surface area contributed by atoms with Gasteiger partial charge < -0.3 is 19.5 Å². The lowest BCUT2D eigenvalue weighted by Crippen LogP contribution is -2.44. The predicted octanol–water partition coefficient (Wildman–Crippen LogP) is 3.65. The highest BCUT2D eigenvalue weighted by Gasteiger charge is 2.30. The van der Waals surface area contributed by atoms with Gasteiger partial charge in [-0.1, -0.05) is 6.07 Å². The van der Waals surface area contributed by atoms with Crippen LogP contribution in [-0.2, 0) is 6.18 Å². The SMILES string of the molecule is CN1CCN(c2ncc(-c3cccc(Nc4ccc(C(F)(F)F)cn4)n3)o2)CC1. The van der Waals surface area contributed by atoms with Crippen molar-refractivity contribution in [1.82, 2.24) is 19.9 Å². The van der Waals surface area contributed by atoms with Crippen molar-refractivity contribution in [3.63, 3.8) is 0 Å². The maximum atomic E-state index is 12.6. The molecule has 10 heteroatoms. The Morgan fingerprint density at radius 2 is 1.76 bits per heavy atom. The molecule has 0 aliphatic carbocycles. The van der Waals surface area contributed by atoms with Gasteiger partial charge in [0, 0.05) is 32.4 Å². The molecule has 3 aromatic heterocycles. The zero-order chi connectivity index (χ0) is 20.4. The lowest BCUT2D eigenvalue weighted by Gasteiger charge is -2.31. The van der Waals surface area contributed by atoms with Crippen LogP contribution < -0.4 is 10.2 Å². The summed E-state index contributed by atoms with van der Waals surface area (Å²) in [6.45, 7) is 3.56. The Morgan fingerprint density at radius 3 is 2.45 bits per heavy atom. The second-order valence-electron chi connectivity index (χ2n) is 6.76. The summed E-state index contributed by atoms with van der Waals surface area (Å²) >= 11 is 0. The van der Waals surface area contributed by atoms with Gasteiger partial charge in [0.1, 0.15) is 17.3 Å². The number of hydrogen-bond acceptors (Lipinski definition) is 7. The molecule has 1 N–H and O–H groups in total. The smallest absolute Gasteiger partial charge is 0.417 e. The number of nitrogens with zero attached hydrogens (tertiary/aromatic N) is 5. The van der Waals surface area contributed by atoms with E-state index in [1.807, 2.05) is 0 Å². The van der Waals surface area contributed by atoms with Crippen molar-refractivity contribution in [1.29, 1.82) is 0 Å². The fourth-order valence-corrected chi connectivity index (χ4v) is 2.94. The number of rotatable bonds is 4. The molecular weight excluding hydrogens is 385 g/mol. The highest BCUT2D eigenvalue weighted by atomic mass is 19.4. The number of aromatic nitrogens is 3. The van der Waals surface area contributed by atoms with E-state index in [4.69, 9.17) is 4.42 Å². The number of piperazine rings is 1. The van der Waals surface area contributed by atoms with Gasteiger partial charge in [-0.15, -0.1) is 0 Å². The van der Waals surface area contributed by atoms with Crippen LogP contribution >= 0.6 is 0 Å². The fourth-order valence-electron chi connectivity index (χ4n) is 2.94. The minimum atomic E-state index is -4.42. The van der Waals surface area contributed by atoms with Gasteiger partial charge >= 0.3 is 6.18 Å². The van der Waals surface area contributed by atoms with Gasteiger partial charge in [0.25, 0.3) is 6.01 Å². The van der Waals surface area contributed by atoms with Crippen LogP contribution in [0, 0.1) is 0 Å². The number of pyridine rings is 2. The van der Waals surface area contributed by atoms with Crippen molar-refractivity contribution in [2.24, 2.45) is 0 Å². The quantitative estimate of drug-likeness (QED) is 0.712. The van der Waals surface area contributed by atoms with Crippen LogP contribution in [0.1, 0.15) is 5.56 Å². The molecule has 152 valence electrons. The van der Waals surface area contributed by atoms with Crippen molar-refractivity contribution in [3.05, 3.63) is 48.3 Å². The zero-order valence-electron chi connectivity index (χ0n) is 15.6. The molecule has 0 radical (unpaired) electrons. The van der Waals surface area contributed by atoms with Gasteiger partial charge in [-0.25, -0.2) is 15.0 Å². The van der Waals surface area contributed by atoms with Gasteiger partial charge in [-0.05, 0) is 31.3 Å². The normalized spacial score (nSPS) is 15.5. The molecule has 0 unspecified atom stereocenters. The van der Waals surface area contributed by atoms with E-state index in [1.165, 1.54) is 6.07 Å². The monoisotopic (exact) mass is 404 g/mol. The summed E-state index contributed by atoms with van der Waals surface area (Å²) in [5, 5.41) is 2.90. The van der Waals surface area contributed by atoms with Crippen molar-refractivity contribution in [3.8, 4) is 11.5 Å². The highest BCUT2D eigenvalue weighted by molar-refractivity contribution is 5.59. The first kappa shape index (κ1) is 19.2. The van der Waals surface area contributed by atoms with Crippen LogP contribution in [0.25, 0.3) is 11.5 Å². The number of halogens is 3. The maximum absolute atomic E-state index is 12.6. The Morgan fingerprint density at radius 1 is 0.966 bits per heavy atom. The second-order valence-corrected chi connectivity index (χ2v) is 6.76. The van der Waals surface area contributed by atoms with Crippen molar-refractivity contribution in [2.75, 3.05) is 43.4 Å². The Kier molecular flexibility index (Phi) is 5.10. The second kappa shape index (κ2) is 7.70. The number of alkyl halides is 3. The lowest BCUT2D eigenvalue weighted by atomic mass is 10.2. The molecular formula is C19H19F3N6O. The molecule has 1 aliphatic heterocycles. The Balaban J connectivity index is 1.48. The molecule has 0 saturated carbocycles. The zero-order valence-corrected chi connectivity index (χ0v) is 15.6. The highest BCUT2D eigenvalue weighted by Crippen LogP contribution is 2.29. The van der Waals surface area contributed by atoms with Crippen LogP contribution in [0.2, 0.25) is 0 Å². The first-order valence-corrected chi connectivity index (χ1v) is 9.05. The molecule has 1 fully saturated rings. The van der Waals surface area contributed by atoms with E-state index < -0.39 is 11.7 Å². The molecule has 0 atom stereocenters. The molecule has 0 amide bonds. The largest absolute Gasteiger partial charge is 0.422 e. The third kappa shape index (κ3) is 4.48. The molecule has 4 heterocycles. The predicted molar refractivity (Wildman–Crippen MR) is 102 cm³/mol. The summed E-state index contributed by atoms with van der Waals surface area (Å²) in [6.07, 6.45) is -2.02. The summed E-state index contributed by atoms with van der Waals surface area (Å²) in [7, 11) is 2.08. The van der Waals surface area contributed by atoms with Crippen LogP contribution in [0.3, 0.4) is 0 Å². The topological polar surface area (TPSA) is 70.3 Å². The molecule has 3 aromatic rings. The van der Waals surface area contributed by atoms with Crippen LogP contribution in [0.5, 0.6) is 0 Å². The summed E-state index contributed by atoms with van der Waals surface area (Å²) in [4.78, 5) is 16.9. The van der Waals surface area contributed by atoms with E-state index in [-0.39, 0.29) is 5.82 Å². The molecule has 0 bridgehead atoms. The number of oxazole rings is 1. The van der Waals surface area contributed by atoms with Crippen LogP contribution in [0.15, 0.2) is 47.1 Å². The third-order valence-electron chi connectivity index (χ3n) is 4.62.